The van der Waals surface area contributed by atoms with Gasteiger partial charge in [0.15, 0.2) is 0 Å². The predicted octanol–water partition coefficient (Wildman–Crippen LogP) is 1.88. The highest BCUT2D eigenvalue weighted by Crippen LogP contribution is 2.29. The maximum absolute atomic E-state index is 11.3. The van der Waals surface area contributed by atoms with E-state index in [1.807, 2.05) is 12.1 Å². The van der Waals surface area contributed by atoms with E-state index in [1.54, 1.807) is 6.92 Å². The summed E-state index contributed by atoms with van der Waals surface area (Å²) in [5, 5.41) is 0. The molecule has 0 saturated carbocycles. The van der Waals surface area contributed by atoms with Gasteiger partial charge in [-0.05, 0) is 49.8 Å². The summed E-state index contributed by atoms with van der Waals surface area (Å²) in [6.07, 6.45) is 4.63. The summed E-state index contributed by atoms with van der Waals surface area (Å²) >= 11 is 0. The van der Waals surface area contributed by atoms with Gasteiger partial charge < -0.3 is 4.74 Å². The Kier molecular flexibility index (Phi) is 4.82. The molecule has 0 unspecified atom stereocenters. The number of ether oxygens (including phenoxy) is 1. The predicted molar refractivity (Wildman–Crippen MR) is 76.0 cm³/mol. The van der Waals surface area contributed by atoms with Gasteiger partial charge in [0.1, 0.15) is 12.4 Å². The fourth-order valence-corrected chi connectivity index (χ4v) is 2.94. The van der Waals surface area contributed by atoms with Crippen LogP contribution in [-0.2, 0) is 22.9 Å². The first-order valence-corrected chi connectivity index (χ1v) is 8.48. The van der Waals surface area contributed by atoms with E-state index >= 15 is 0 Å². The van der Waals surface area contributed by atoms with Crippen molar-refractivity contribution in [2.24, 2.45) is 0 Å². The summed E-state index contributed by atoms with van der Waals surface area (Å²) in [5.41, 5.74) is 2.67. The van der Waals surface area contributed by atoms with Gasteiger partial charge in [0, 0.05) is 6.54 Å². The molecule has 0 bridgehead atoms. The molecular formula is C14H21NO3S. The lowest BCUT2D eigenvalue weighted by molar-refractivity contribution is 0.318. The van der Waals surface area contributed by atoms with E-state index in [0.717, 1.165) is 18.6 Å². The van der Waals surface area contributed by atoms with Crippen LogP contribution in [0.1, 0.15) is 30.9 Å². The first-order valence-electron chi connectivity index (χ1n) is 6.83. The maximum Gasteiger partial charge on any atom is 0.211 e. The molecule has 0 aliphatic heterocycles. The first kappa shape index (κ1) is 14.3. The molecule has 0 radical (unpaired) electrons. The van der Waals surface area contributed by atoms with Crippen molar-refractivity contribution < 1.29 is 13.2 Å². The van der Waals surface area contributed by atoms with Crippen molar-refractivity contribution in [2.75, 3.05) is 18.9 Å². The molecule has 5 heteroatoms. The summed E-state index contributed by atoms with van der Waals surface area (Å²) in [6.45, 7) is 2.31. The van der Waals surface area contributed by atoms with Crippen LogP contribution in [0.3, 0.4) is 0 Å². The molecule has 1 aliphatic carbocycles. The highest BCUT2D eigenvalue weighted by atomic mass is 32.2. The van der Waals surface area contributed by atoms with Gasteiger partial charge in [-0.25, -0.2) is 13.1 Å². The lowest BCUT2D eigenvalue weighted by Gasteiger charge is -2.19. The van der Waals surface area contributed by atoms with Crippen molar-refractivity contribution in [3.8, 4) is 5.75 Å². The Morgan fingerprint density at radius 1 is 1.26 bits per heavy atom. The molecule has 19 heavy (non-hydrogen) atoms. The quantitative estimate of drug-likeness (QED) is 0.811. The number of aryl methyl sites for hydroxylation is 1. The zero-order valence-corrected chi connectivity index (χ0v) is 12.1. The minimum absolute atomic E-state index is 0.105. The Morgan fingerprint density at radius 2 is 2.05 bits per heavy atom. The molecule has 1 N–H and O–H groups in total. The van der Waals surface area contributed by atoms with E-state index in [4.69, 9.17) is 4.74 Å². The first-order chi connectivity index (χ1) is 9.12. The van der Waals surface area contributed by atoms with Crippen molar-refractivity contribution in [1.29, 1.82) is 0 Å². The van der Waals surface area contributed by atoms with Crippen LogP contribution in [0, 0.1) is 0 Å². The molecule has 4 nitrogen and oxygen atoms in total. The van der Waals surface area contributed by atoms with Crippen LogP contribution in [0.15, 0.2) is 18.2 Å². The molecule has 0 heterocycles. The summed E-state index contributed by atoms with van der Waals surface area (Å²) in [6, 6.07) is 6.13. The zero-order chi connectivity index (χ0) is 13.7. The lowest BCUT2D eigenvalue weighted by Crippen LogP contribution is -2.29. The van der Waals surface area contributed by atoms with Crippen molar-refractivity contribution in [1.82, 2.24) is 4.72 Å². The number of hydrogen-bond donors (Lipinski definition) is 1. The van der Waals surface area contributed by atoms with Crippen LogP contribution in [0.4, 0.5) is 0 Å². The van der Waals surface area contributed by atoms with Crippen molar-refractivity contribution in [3.63, 3.8) is 0 Å². The molecule has 0 spiro atoms. The van der Waals surface area contributed by atoms with Crippen LogP contribution < -0.4 is 9.46 Å². The van der Waals surface area contributed by atoms with Crippen LogP contribution in [-0.4, -0.2) is 27.3 Å². The van der Waals surface area contributed by atoms with Crippen LogP contribution in [0.25, 0.3) is 0 Å². The summed E-state index contributed by atoms with van der Waals surface area (Å²) in [5.74, 6) is 1.01. The number of benzene rings is 1. The molecule has 1 aromatic carbocycles. The highest BCUT2D eigenvalue weighted by Gasteiger charge is 2.13. The van der Waals surface area contributed by atoms with Crippen molar-refractivity contribution in [3.05, 3.63) is 29.3 Å². The van der Waals surface area contributed by atoms with E-state index in [-0.39, 0.29) is 5.75 Å². The Hall–Kier alpha value is -1.07. The summed E-state index contributed by atoms with van der Waals surface area (Å²) < 4.78 is 30.8. The molecule has 1 aliphatic rings. The average molecular weight is 283 g/mol. The normalized spacial score (nSPS) is 15.0. The monoisotopic (exact) mass is 283 g/mol. The fraction of sp³-hybridized carbons (Fsp3) is 0.571. The van der Waals surface area contributed by atoms with E-state index in [0.29, 0.717) is 13.2 Å². The number of fused-ring (bicyclic) bond motifs is 1. The Bertz CT molecular complexity index is 525. The summed E-state index contributed by atoms with van der Waals surface area (Å²) in [7, 11) is -3.12. The highest BCUT2D eigenvalue weighted by molar-refractivity contribution is 7.89. The Morgan fingerprint density at radius 3 is 2.84 bits per heavy atom. The molecule has 106 valence electrons. The van der Waals surface area contributed by atoms with Gasteiger partial charge in [-0.2, -0.15) is 0 Å². The molecule has 0 amide bonds. The number of nitrogens with one attached hydrogen (secondary N) is 1. The van der Waals surface area contributed by atoms with Crippen molar-refractivity contribution in [2.45, 2.75) is 32.6 Å². The number of rotatable bonds is 6. The Labute approximate surface area is 115 Å². The van der Waals surface area contributed by atoms with E-state index < -0.39 is 10.0 Å². The Balaban J connectivity index is 1.90. The van der Waals surface area contributed by atoms with Gasteiger partial charge in [0.25, 0.3) is 0 Å². The number of sulfonamides is 1. The lowest BCUT2D eigenvalue weighted by atomic mass is 9.91. The second-order valence-electron chi connectivity index (χ2n) is 4.75. The summed E-state index contributed by atoms with van der Waals surface area (Å²) in [4.78, 5) is 0. The van der Waals surface area contributed by atoms with Gasteiger partial charge in [0.2, 0.25) is 10.0 Å². The molecule has 0 aromatic heterocycles. The second kappa shape index (κ2) is 6.39. The van der Waals surface area contributed by atoms with E-state index in [2.05, 4.69) is 10.8 Å². The van der Waals surface area contributed by atoms with Gasteiger partial charge in [0.05, 0.1) is 5.75 Å². The maximum atomic E-state index is 11.3. The molecule has 1 aromatic rings. The molecule has 2 rings (SSSR count). The van der Waals surface area contributed by atoms with Crippen LogP contribution >= 0.6 is 0 Å². The van der Waals surface area contributed by atoms with Crippen LogP contribution in [0.2, 0.25) is 0 Å². The average Bonchev–Trinajstić information content (AvgIpc) is 2.44. The van der Waals surface area contributed by atoms with Gasteiger partial charge in [-0.3, -0.25) is 0 Å². The molecule has 0 atom stereocenters. The van der Waals surface area contributed by atoms with Gasteiger partial charge in [-0.15, -0.1) is 0 Å². The standard InChI is InChI=1S/C14H21NO3S/c1-2-19(16,17)15-10-11-18-14-9-5-7-12-6-3-4-8-13(12)14/h5,7,9,15H,2-4,6,8,10-11H2,1H3. The van der Waals surface area contributed by atoms with Gasteiger partial charge >= 0.3 is 0 Å². The minimum Gasteiger partial charge on any atom is -0.492 e. The SMILES string of the molecule is CCS(=O)(=O)NCCOc1cccc2c1CCCC2. The third-order valence-corrected chi connectivity index (χ3v) is 4.82. The van der Waals surface area contributed by atoms with E-state index in [9.17, 15) is 8.42 Å². The molecular weight excluding hydrogens is 262 g/mol. The second-order valence-corrected chi connectivity index (χ2v) is 6.84. The topological polar surface area (TPSA) is 55.4 Å². The molecule has 0 saturated heterocycles. The van der Waals surface area contributed by atoms with Crippen molar-refractivity contribution >= 4 is 10.0 Å². The smallest absolute Gasteiger partial charge is 0.211 e. The fourth-order valence-electron chi connectivity index (χ4n) is 2.34. The molecule has 0 fully saturated rings. The minimum atomic E-state index is -3.12. The zero-order valence-electron chi connectivity index (χ0n) is 11.3. The van der Waals surface area contributed by atoms with E-state index in [1.165, 1.54) is 24.0 Å². The van der Waals surface area contributed by atoms with Crippen LogP contribution in [0.5, 0.6) is 5.75 Å². The van der Waals surface area contributed by atoms with Gasteiger partial charge in [-0.1, -0.05) is 12.1 Å². The number of hydrogen-bond acceptors (Lipinski definition) is 3. The largest absolute Gasteiger partial charge is 0.492 e. The third kappa shape index (κ3) is 3.94. The third-order valence-electron chi connectivity index (χ3n) is 3.41.